The van der Waals surface area contributed by atoms with E-state index in [4.69, 9.17) is 4.74 Å². The van der Waals surface area contributed by atoms with Crippen molar-refractivity contribution in [3.63, 3.8) is 0 Å². The van der Waals surface area contributed by atoms with Crippen LogP contribution in [0.1, 0.15) is 65.2 Å². The van der Waals surface area contributed by atoms with E-state index in [1.54, 1.807) is 0 Å². The van der Waals surface area contributed by atoms with Crippen molar-refractivity contribution in [2.24, 2.45) is 0 Å². The van der Waals surface area contributed by atoms with Crippen LogP contribution in [0.15, 0.2) is 0 Å². The highest BCUT2D eigenvalue weighted by molar-refractivity contribution is 4.87. The molecule has 1 saturated heterocycles. The Morgan fingerprint density at radius 2 is 2.10 bits per heavy atom. The molecule has 3 unspecified atom stereocenters. The standard InChI is InChI=1S/C17H34N2O/c1-3-11-18-15(2)8-6-7-12-19-13-14-20-17-10-5-4-9-16(17)19/h15-18H,3-14H2,1-2H3. The lowest BCUT2D eigenvalue weighted by Crippen LogP contribution is -2.52. The Bertz CT molecular complexity index is 257. The van der Waals surface area contributed by atoms with Crippen molar-refractivity contribution in [2.75, 3.05) is 26.2 Å². The zero-order valence-electron chi connectivity index (χ0n) is 13.6. The summed E-state index contributed by atoms with van der Waals surface area (Å²) >= 11 is 0. The maximum Gasteiger partial charge on any atom is 0.0730 e. The van der Waals surface area contributed by atoms with Crippen molar-refractivity contribution in [1.82, 2.24) is 10.2 Å². The fourth-order valence-electron chi connectivity index (χ4n) is 3.71. The Hall–Kier alpha value is -0.120. The summed E-state index contributed by atoms with van der Waals surface area (Å²) in [6.07, 6.45) is 11.2. The molecule has 3 nitrogen and oxygen atoms in total. The zero-order chi connectivity index (χ0) is 14.2. The third kappa shape index (κ3) is 5.01. The highest BCUT2D eigenvalue weighted by Gasteiger charge is 2.33. The molecule has 0 aromatic rings. The molecule has 2 fully saturated rings. The lowest BCUT2D eigenvalue weighted by Gasteiger charge is -2.44. The third-order valence-corrected chi connectivity index (χ3v) is 4.92. The molecule has 0 radical (unpaired) electrons. The van der Waals surface area contributed by atoms with Crippen LogP contribution in [0.4, 0.5) is 0 Å². The molecular weight excluding hydrogens is 248 g/mol. The molecule has 118 valence electrons. The van der Waals surface area contributed by atoms with Gasteiger partial charge in [-0.05, 0) is 52.1 Å². The highest BCUT2D eigenvalue weighted by Crippen LogP contribution is 2.28. The summed E-state index contributed by atoms with van der Waals surface area (Å²) in [5.74, 6) is 0. The predicted molar refractivity (Wildman–Crippen MR) is 85.2 cm³/mol. The van der Waals surface area contributed by atoms with E-state index in [2.05, 4.69) is 24.1 Å². The van der Waals surface area contributed by atoms with Gasteiger partial charge in [-0.2, -0.15) is 0 Å². The van der Waals surface area contributed by atoms with E-state index in [9.17, 15) is 0 Å². The minimum absolute atomic E-state index is 0.544. The lowest BCUT2D eigenvalue weighted by atomic mass is 9.90. The van der Waals surface area contributed by atoms with Gasteiger partial charge in [0, 0.05) is 18.6 Å². The van der Waals surface area contributed by atoms with Crippen LogP contribution >= 0.6 is 0 Å². The van der Waals surface area contributed by atoms with E-state index in [0.29, 0.717) is 12.1 Å². The molecule has 0 spiro atoms. The van der Waals surface area contributed by atoms with E-state index < -0.39 is 0 Å². The molecule has 0 amide bonds. The van der Waals surface area contributed by atoms with Gasteiger partial charge in [-0.3, -0.25) is 4.90 Å². The van der Waals surface area contributed by atoms with E-state index in [-0.39, 0.29) is 0 Å². The molecule has 1 saturated carbocycles. The number of nitrogens with zero attached hydrogens (tertiary/aromatic N) is 1. The second kappa shape index (κ2) is 9.01. The molecule has 1 heterocycles. The molecule has 1 N–H and O–H groups in total. The molecule has 3 atom stereocenters. The first-order chi connectivity index (χ1) is 9.81. The minimum atomic E-state index is 0.544. The van der Waals surface area contributed by atoms with E-state index >= 15 is 0 Å². The van der Waals surface area contributed by atoms with Gasteiger partial charge in [0.05, 0.1) is 12.7 Å². The van der Waals surface area contributed by atoms with Crippen LogP contribution in [0.2, 0.25) is 0 Å². The number of unbranched alkanes of at least 4 members (excludes halogenated alkanes) is 1. The summed E-state index contributed by atoms with van der Waals surface area (Å²) < 4.78 is 5.95. The number of rotatable bonds is 8. The molecule has 1 aliphatic carbocycles. The second-order valence-corrected chi connectivity index (χ2v) is 6.65. The minimum Gasteiger partial charge on any atom is -0.375 e. The summed E-state index contributed by atoms with van der Waals surface area (Å²) in [4.78, 5) is 2.72. The quantitative estimate of drug-likeness (QED) is 0.692. The molecule has 3 heteroatoms. The molecular formula is C17H34N2O. The van der Waals surface area contributed by atoms with E-state index in [0.717, 1.165) is 25.7 Å². The fraction of sp³-hybridized carbons (Fsp3) is 1.00. The first kappa shape index (κ1) is 16.3. The molecule has 0 aromatic carbocycles. The van der Waals surface area contributed by atoms with Gasteiger partial charge in [-0.1, -0.05) is 26.2 Å². The van der Waals surface area contributed by atoms with Crippen LogP contribution in [0.3, 0.4) is 0 Å². The molecule has 0 aromatic heterocycles. The average molecular weight is 282 g/mol. The van der Waals surface area contributed by atoms with Gasteiger partial charge in [0.2, 0.25) is 0 Å². The van der Waals surface area contributed by atoms with Crippen LogP contribution in [-0.2, 0) is 4.74 Å². The molecule has 2 rings (SSSR count). The number of morpholine rings is 1. The summed E-state index contributed by atoms with van der Waals surface area (Å²) in [6.45, 7) is 9.11. The Morgan fingerprint density at radius 1 is 1.25 bits per heavy atom. The first-order valence-corrected chi connectivity index (χ1v) is 8.90. The largest absolute Gasteiger partial charge is 0.375 e. The van der Waals surface area contributed by atoms with Gasteiger partial charge in [0.1, 0.15) is 0 Å². The molecule has 20 heavy (non-hydrogen) atoms. The van der Waals surface area contributed by atoms with Crippen molar-refractivity contribution in [3.8, 4) is 0 Å². The molecule has 2 aliphatic rings. The predicted octanol–water partition coefficient (Wildman–Crippen LogP) is 3.19. The van der Waals surface area contributed by atoms with Crippen molar-refractivity contribution >= 4 is 0 Å². The monoisotopic (exact) mass is 282 g/mol. The number of ether oxygens (including phenoxy) is 1. The van der Waals surface area contributed by atoms with Gasteiger partial charge >= 0.3 is 0 Å². The van der Waals surface area contributed by atoms with Crippen LogP contribution in [0.25, 0.3) is 0 Å². The van der Waals surface area contributed by atoms with Gasteiger partial charge < -0.3 is 10.1 Å². The smallest absolute Gasteiger partial charge is 0.0730 e. The second-order valence-electron chi connectivity index (χ2n) is 6.65. The van der Waals surface area contributed by atoms with Crippen molar-refractivity contribution in [3.05, 3.63) is 0 Å². The lowest BCUT2D eigenvalue weighted by molar-refractivity contribution is -0.0882. The Kier molecular flexibility index (Phi) is 7.32. The Labute approximate surface area is 125 Å². The summed E-state index contributed by atoms with van der Waals surface area (Å²) in [5, 5.41) is 3.58. The van der Waals surface area contributed by atoms with Crippen molar-refractivity contribution in [2.45, 2.75) is 83.4 Å². The average Bonchev–Trinajstić information content (AvgIpc) is 2.49. The van der Waals surface area contributed by atoms with Gasteiger partial charge in [-0.25, -0.2) is 0 Å². The van der Waals surface area contributed by atoms with Crippen molar-refractivity contribution < 1.29 is 4.74 Å². The van der Waals surface area contributed by atoms with Crippen molar-refractivity contribution in [1.29, 1.82) is 0 Å². The van der Waals surface area contributed by atoms with Crippen LogP contribution in [0, 0.1) is 0 Å². The Morgan fingerprint density at radius 3 is 2.95 bits per heavy atom. The summed E-state index contributed by atoms with van der Waals surface area (Å²) in [6, 6.07) is 1.41. The van der Waals surface area contributed by atoms with Crippen LogP contribution in [-0.4, -0.2) is 49.3 Å². The van der Waals surface area contributed by atoms with E-state index in [1.165, 1.54) is 57.9 Å². The zero-order valence-corrected chi connectivity index (χ0v) is 13.6. The van der Waals surface area contributed by atoms with Crippen LogP contribution < -0.4 is 5.32 Å². The topological polar surface area (TPSA) is 24.5 Å². The first-order valence-electron chi connectivity index (χ1n) is 8.90. The normalized spacial score (nSPS) is 29.1. The fourth-order valence-corrected chi connectivity index (χ4v) is 3.71. The Balaban J connectivity index is 1.60. The maximum absolute atomic E-state index is 5.95. The SMILES string of the molecule is CCCNC(C)CCCCN1CCOC2CCCCC21. The molecule has 1 aliphatic heterocycles. The van der Waals surface area contributed by atoms with E-state index in [1.807, 2.05) is 0 Å². The van der Waals surface area contributed by atoms with Gasteiger partial charge in [0.15, 0.2) is 0 Å². The third-order valence-electron chi connectivity index (χ3n) is 4.92. The summed E-state index contributed by atoms with van der Waals surface area (Å²) in [7, 11) is 0. The van der Waals surface area contributed by atoms with Gasteiger partial charge in [-0.15, -0.1) is 0 Å². The highest BCUT2D eigenvalue weighted by atomic mass is 16.5. The van der Waals surface area contributed by atoms with Crippen LogP contribution in [0.5, 0.6) is 0 Å². The molecule has 0 bridgehead atoms. The number of hydrogen-bond acceptors (Lipinski definition) is 3. The number of hydrogen-bond donors (Lipinski definition) is 1. The number of fused-ring (bicyclic) bond motifs is 1. The maximum atomic E-state index is 5.95. The summed E-state index contributed by atoms with van der Waals surface area (Å²) in [5.41, 5.74) is 0. The number of nitrogens with one attached hydrogen (secondary N) is 1. The van der Waals surface area contributed by atoms with Gasteiger partial charge in [0.25, 0.3) is 0 Å².